The lowest BCUT2D eigenvalue weighted by Gasteiger charge is -2.05. The molecule has 0 aliphatic rings. The van der Waals surface area contributed by atoms with Gasteiger partial charge in [0.2, 0.25) is 0 Å². The molecule has 15 heavy (non-hydrogen) atoms. The Kier molecular flexibility index (Phi) is 4.17. The fraction of sp³-hybridized carbons (Fsp3) is 0.300. The number of anilines is 1. The highest BCUT2D eigenvalue weighted by atomic mass is 35.5. The van der Waals surface area contributed by atoms with Crippen molar-refractivity contribution >= 4 is 29.6 Å². The van der Waals surface area contributed by atoms with Gasteiger partial charge in [0.15, 0.2) is 0 Å². The first kappa shape index (κ1) is 12.1. The number of nitrogens with zero attached hydrogens (tertiary/aromatic N) is 2. The fourth-order valence-corrected chi connectivity index (χ4v) is 2.03. The first-order valence-corrected chi connectivity index (χ1v) is 5.40. The third kappa shape index (κ3) is 2.73. The number of thiophene rings is 1. The van der Waals surface area contributed by atoms with E-state index in [1.165, 1.54) is 10.4 Å². The zero-order valence-corrected chi connectivity index (χ0v) is 10.4. The van der Waals surface area contributed by atoms with E-state index in [0.717, 1.165) is 12.4 Å². The molecule has 0 amide bonds. The van der Waals surface area contributed by atoms with Crippen molar-refractivity contribution in [1.82, 2.24) is 9.78 Å². The fourth-order valence-electron chi connectivity index (χ4n) is 1.39. The van der Waals surface area contributed by atoms with Crippen LogP contribution in [0.1, 0.15) is 10.4 Å². The van der Waals surface area contributed by atoms with E-state index in [1.54, 1.807) is 11.3 Å². The van der Waals surface area contributed by atoms with Crippen LogP contribution < -0.4 is 5.32 Å². The zero-order valence-electron chi connectivity index (χ0n) is 8.73. The number of rotatable bonds is 3. The standard InChI is InChI=1S/C10H13N3S.ClH/c1-8-6-12-13(2)10(8)11-7-9-4-3-5-14-9;/h3-6,11H,7H2,1-2H3;1H. The minimum atomic E-state index is 0. The summed E-state index contributed by atoms with van der Waals surface area (Å²) in [7, 11) is 1.95. The molecule has 0 unspecified atom stereocenters. The average Bonchev–Trinajstić information content (AvgIpc) is 2.76. The Bertz CT molecular complexity index is 389. The molecule has 1 N–H and O–H groups in total. The second-order valence-corrected chi connectivity index (χ2v) is 4.26. The maximum Gasteiger partial charge on any atom is 0.127 e. The highest BCUT2D eigenvalue weighted by Gasteiger charge is 2.03. The summed E-state index contributed by atoms with van der Waals surface area (Å²) >= 11 is 1.76. The molecule has 0 radical (unpaired) electrons. The summed E-state index contributed by atoms with van der Waals surface area (Å²) in [5, 5.41) is 9.64. The topological polar surface area (TPSA) is 29.9 Å². The van der Waals surface area contributed by atoms with E-state index in [1.807, 2.05) is 17.9 Å². The van der Waals surface area contributed by atoms with Crippen LogP contribution in [0.15, 0.2) is 23.7 Å². The SMILES string of the molecule is Cc1cnn(C)c1NCc1cccs1.Cl. The largest absolute Gasteiger partial charge is 0.365 e. The molecule has 2 aromatic rings. The summed E-state index contributed by atoms with van der Waals surface area (Å²) in [4.78, 5) is 1.34. The van der Waals surface area contributed by atoms with Crippen LogP contribution >= 0.6 is 23.7 Å². The lowest BCUT2D eigenvalue weighted by atomic mass is 10.3. The van der Waals surface area contributed by atoms with Gasteiger partial charge in [0.1, 0.15) is 5.82 Å². The summed E-state index contributed by atoms with van der Waals surface area (Å²) < 4.78 is 1.86. The molecule has 0 aliphatic carbocycles. The second kappa shape index (κ2) is 5.19. The average molecular weight is 244 g/mol. The van der Waals surface area contributed by atoms with Gasteiger partial charge in [-0.25, -0.2) is 0 Å². The predicted molar refractivity (Wildman–Crippen MR) is 66.8 cm³/mol. The number of aromatic nitrogens is 2. The number of hydrogen-bond acceptors (Lipinski definition) is 3. The maximum absolute atomic E-state index is 4.17. The molecule has 0 saturated carbocycles. The Labute approximate surface area is 99.5 Å². The smallest absolute Gasteiger partial charge is 0.127 e. The summed E-state index contributed by atoms with van der Waals surface area (Å²) in [6, 6.07) is 4.20. The Morgan fingerprint density at radius 3 is 2.87 bits per heavy atom. The third-order valence-corrected chi connectivity index (χ3v) is 3.01. The van der Waals surface area contributed by atoms with Crippen molar-refractivity contribution in [2.24, 2.45) is 7.05 Å². The minimum Gasteiger partial charge on any atom is -0.365 e. The van der Waals surface area contributed by atoms with Gasteiger partial charge in [0.05, 0.1) is 12.7 Å². The molecule has 0 fully saturated rings. The summed E-state index contributed by atoms with van der Waals surface area (Å²) in [5.41, 5.74) is 1.18. The summed E-state index contributed by atoms with van der Waals surface area (Å²) in [6.07, 6.45) is 1.87. The van der Waals surface area contributed by atoms with Crippen molar-refractivity contribution in [2.45, 2.75) is 13.5 Å². The Hall–Kier alpha value is -1.000. The van der Waals surface area contributed by atoms with E-state index in [2.05, 4.69) is 34.9 Å². The van der Waals surface area contributed by atoms with Gasteiger partial charge in [-0.05, 0) is 18.4 Å². The van der Waals surface area contributed by atoms with Gasteiger partial charge < -0.3 is 5.32 Å². The third-order valence-electron chi connectivity index (χ3n) is 2.13. The van der Waals surface area contributed by atoms with Gasteiger partial charge in [0, 0.05) is 17.5 Å². The molecule has 0 aromatic carbocycles. The number of halogens is 1. The van der Waals surface area contributed by atoms with Crippen molar-refractivity contribution in [2.75, 3.05) is 5.32 Å². The Morgan fingerprint density at radius 1 is 1.53 bits per heavy atom. The normalized spacial score (nSPS) is 9.73. The number of hydrogen-bond donors (Lipinski definition) is 1. The van der Waals surface area contributed by atoms with Crippen LogP contribution in [0.5, 0.6) is 0 Å². The van der Waals surface area contributed by atoms with E-state index in [0.29, 0.717) is 0 Å². The van der Waals surface area contributed by atoms with Crippen molar-refractivity contribution < 1.29 is 0 Å². The van der Waals surface area contributed by atoms with Crippen LogP contribution in [0.4, 0.5) is 5.82 Å². The van der Waals surface area contributed by atoms with E-state index in [9.17, 15) is 0 Å². The maximum atomic E-state index is 4.17. The molecular formula is C10H14ClN3S. The summed E-state index contributed by atoms with van der Waals surface area (Å²) in [6.45, 7) is 2.93. The van der Waals surface area contributed by atoms with Crippen LogP contribution in [-0.2, 0) is 13.6 Å². The Morgan fingerprint density at radius 2 is 2.33 bits per heavy atom. The lowest BCUT2D eigenvalue weighted by molar-refractivity contribution is 0.769. The minimum absolute atomic E-state index is 0. The molecule has 2 heterocycles. The van der Waals surface area contributed by atoms with Gasteiger partial charge in [-0.3, -0.25) is 4.68 Å². The molecule has 2 aromatic heterocycles. The predicted octanol–water partition coefficient (Wildman–Crippen LogP) is 2.82. The zero-order chi connectivity index (χ0) is 9.97. The number of nitrogens with one attached hydrogen (secondary N) is 1. The lowest BCUT2D eigenvalue weighted by Crippen LogP contribution is -2.04. The number of aryl methyl sites for hydroxylation is 2. The van der Waals surface area contributed by atoms with Crippen LogP contribution in [0.3, 0.4) is 0 Å². The second-order valence-electron chi connectivity index (χ2n) is 3.23. The quantitative estimate of drug-likeness (QED) is 0.899. The van der Waals surface area contributed by atoms with E-state index in [-0.39, 0.29) is 12.4 Å². The van der Waals surface area contributed by atoms with Crippen LogP contribution in [0.25, 0.3) is 0 Å². The van der Waals surface area contributed by atoms with Crippen molar-refractivity contribution in [3.63, 3.8) is 0 Å². The molecule has 5 heteroatoms. The van der Waals surface area contributed by atoms with E-state index < -0.39 is 0 Å². The van der Waals surface area contributed by atoms with Gasteiger partial charge in [-0.15, -0.1) is 23.7 Å². The van der Waals surface area contributed by atoms with Crippen molar-refractivity contribution in [3.8, 4) is 0 Å². The van der Waals surface area contributed by atoms with Gasteiger partial charge >= 0.3 is 0 Å². The highest BCUT2D eigenvalue weighted by Crippen LogP contribution is 2.15. The van der Waals surface area contributed by atoms with Gasteiger partial charge in [-0.2, -0.15) is 5.10 Å². The molecule has 3 nitrogen and oxygen atoms in total. The molecule has 2 rings (SSSR count). The molecule has 0 saturated heterocycles. The first-order valence-electron chi connectivity index (χ1n) is 4.52. The molecule has 0 bridgehead atoms. The molecule has 0 atom stereocenters. The van der Waals surface area contributed by atoms with E-state index >= 15 is 0 Å². The van der Waals surface area contributed by atoms with Gasteiger partial charge in [-0.1, -0.05) is 6.07 Å². The molecular weight excluding hydrogens is 230 g/mol. The van der Waals surface area contributed by atoms with Gasteiger partial charge in [0.25, 0.3) is 0 Å². The van der Waals surface area contributed by atoms with Crippen molar-refractivity contribution in [3.05, 3.63) is 34.2 Å². The molecule has 82 valence electrons. The van der Waals surface area contributed by atoms with E-state index in [4.69, 9.17) is 0 Å². The molecule has 0 aliphatic heterocycles. The van der Waals surface area contributed by atoms with Crippen LogP contribution in [0, 0.1) is 6.92 Å². The van der Waals surface area contributed by atoms with Crippen LogP contribution in [0.2, 0.25) is 0 Å². The summed E-state index contributed by atoms with van der Waals surface area (Å²) in [5.74, 6) is 1.10. The molecule has 0 spiro atoms. The Balaban J connectivity index is 0.00000112. The van der Waals surface area contributed by atoms with Crippen LogP contribution in [-0.4, -0.2) is 9.78 Å². The first-order chi connectivity index (χ1) is 6.77. The monoisotopic (exact) mass is 243 g/mol. The highest BCUT2D eigenvalue weighted by molar-refractivity contribution is 7.09. The van der Waals surface area contributed by atoms with Crippen molar-refractivity contribution in [1.29, 1.82) is 0 Å².